The van der Waals surface area contributed by atoms with Gasteiger partial charge in [0.15, 0.2) is 5.11 Å². The molecule has 3 rings (SSSR count). The second-order valence-electron chi connectivity index (χ2n) is 5.96. The molecule has 3 aromatic rings. The Kier molecular flexibility index (Phi) is 7.11. The zero-order valence-corrected chi connectivity index (χ0v) is 16.1. The van der Waals surface area contributed by atoms with Crippen LogP contribution in [0.2, 0.25) is 0 Å². The number of nitrogens with two attached hydrogens (primary N) is 1. The first-order valence-electron chi connectivity index (χ1n) is 8.84. The average molecular weight is 395 g/mol. The number of nitrogens with one attached hydrogen (secondary N) is 3. The van der Waals surface area contributed by atoms with Crippen molar-refractivity contribution in [3.05, 3.63) is 72.1 Å². The Bertz CT molecular complexity index is 908. The number of hydrazone groups is 1. The lowest BCUT2D eigenvalue weighted by Crippen LogP contribution is -2.23. The van der Waals surface area contributed by atoms with Gasteiger partial charge in [-0.15, -0.1) is 0 Å². The van der Waals surface area contributed by atoms with Crippen molar-refractivity contribution in [3.63, 3.8) is 0 Å². The van der Waals surface area contributed by atoms with Crippen LogP contribution >= 0.6 is 12.2 Å². The third kappa shape index (κ3) is 6.19. The Hall–Kier alpha value is -3.23. The minimum absolute atomic E-state index is 0.102. The van der Waals surface area contributed by atoms with Crippen LogP contribution in [0.3, 0.4) is 0 Å². The van der Waals surface area contributed by atoms with Gasteiger partial charge in [0, 0.05) is 31.4 Å². The molecule has 0 aliphatic rings. The predicted octanol–water partition coefficient (Wildman–Crippen LogP) is 2.71. The molecule has 2 aromatic heterocycles. The summed E-state index contributed by atoms with van der Waals surface area (Å²) in [5.41, 5.74) is 9.94. The smallest absolute Gasteiger partial charge is 0.184 e. The van der Waals surface area contributed by atoms with Gasteiger partial charge in [-0.05, 0) is 42.0 Å². The predicted molar refractivity (Wildman–Crippen MR) is 116 cm³/mol. The molecule has 1 aromatic carbocycles. The molecule has 0 radical (unpaired) electrons. The van der Waals surface area contributed by atoms with E-state index < -0.39 is 0 Å². The molecule has 0 saturated carbocycles. The summed E-state index contributed by atoms with van der Waals surface area (Å²) >= 11 is 4.68. The second-order valence-corrected chi connectivity index (χ2v) is 6.40. The zero-order chi connectivity index (χ0) is 19.6. The first-order valence-corrected chi connectivity index (χ1v) is 9.25. The largest absolute Gasteiger partial charge is 0.455 e. The van der Waals surface area contributed by atoms with Crippen molar-refractivity contribution in [3.8, 4) is 11.3 Å². The third-order valence-corrected chi connectivity index (χ3v) is 3.91. The number of furan rings is 1. The molecular weight excluding hydrogens is 372 g/mol. The summed E-state index contributed by atoms with van der Waals surface area (Å²) in [6.45, 7) is 2.49. The number of hydrogen-bond donors (Lipinski definition) is 4. The van der Waals surface area contributed by atoms with Crippen molar-refractivity contribution in [1.82, 2.24) is 15.7 Å². The first kappa shape index (κ1) is 19.5. The molecule has 0 atom stereocenters. The molecule has 5 N–H and O–H groups in total. The minimum atomic E-state index is 0.102. The summed E-state index contributed by atoms with van der Waals surface area (Å²) in [6, 6.07) is 17.9. The SMILES string of the molecule is NC(=S)N/N=C/c1ccc(-c2ccc(NCCNCc3ccccc3)nc2)o1. The molecule has 0 unspecified atom stereocenters. The fraction of sp³-hybridized carbons (Fsp3) is 0.150. The number of rotatable bonds is 9. The second kappa shape index (κ2) is 10.2. The van der Waals surface area contributed by atoms with Gasteiger partial charge in [0.25, 0.3) is 0 Å². The third-order valence-electron chi connectivity index (χ3n) is 3.82. The maximum atomic E-state index is 5.70. The topological polar surface area (TPSA) is 100 Å². The first-order chi connectivity index (χ1) is 13.7. The molecule has 144 valence electrons. The number of thiocarbonyl (C=S) groups is 1. The molecule has 0 aliphatic heterocycles. The number of hydrogen-bond acceptors (Lipinski definition) is 6. The monoisotopic (exact) mass is 394 g/mol. The van der Waals surface area contributed by atoms with Crippen molar-refractivity contribution in [1.29, 1.82) is 0 Å². The van der Waals surface area contributed by atoms with E-state index in [9.17, 15) is 0 Å². The van der Waals surface area contributed by atoms with Crippen LogP contribution in [0.25, 0.3) is 11.3 Å². The van der Waals surface area contributed by atoms with Crippen LogP contribution < -0.4 is 21.8 Å². The van der Waals surface area contributed by atoms with E-state index in [1.165, 1.54) is 11.8 Å². The van der Waals surface area contributed by atoms with Crippen LogP contribution in [0.1, 0.15) is 11.3 Å². The van der Waals surface area contributed by atoms with E-state index in [0.29, 0.717) is 11.5 Å². The van der Waals surface area contributed by atoms with Crippen molar-refractivity contribution >= 4 is 29.4 Å². The molecule has 0 spiro atoms. The maximum Gasteiger partial charge on any atom is 0.184 e. The number of pyridine rings is 1. The lowest BCUT2D eigenvalue weighted by molar-refractivity contribution is 0.574. The van der Waals surface area contributed by atoms with Crippen LogP contribution in [0.15, 0.2) is 70.3 Å². The highest BCUT2D eigenvalue weighted by Gasteiger charge is 2.04. The normalized spacial score (nSPS) is 10.9. The van der Waals surface area contributed by atoms with E-state index in [-0.39, 0.29) is 5.11 Å². The van der Waals surface area contributed by atoms with Crippen molar-refractivity contribution in [2.75, 3.05) is 18.4 Å². The van der Waals surface area contributed by atoms with Gasteiger partial charge >= 0.3 is 0 Å². The standard InChI is InChI=1S/C20H22N6OS/c21-20(28)26-25-14-17-7-8-18(27-17)16-6-9-19(24-13-16)23-11-10-22-12-15-4-2-1-3-5-15/h1-9,13-14,22H,10-12H2,(H,23,24)(H3,21,26,28)/b25-14+. The molecule has 7 nitrogen and oxygen atoms in total. The summed E-state index contributed by atoms with van der Waals surface area (Å²) in [7, 11) is 0. The van der Waals surface area contributed by atoms with Crippen molar-refractivity contribution in [2.24, 2.45) is 10.8 Å². The fourth-order valence-electron chi connectivity index (χ4n) is 2.49. The van der Waals surface area contributed by atoms with Crippen LogP contribution in [0.5, 0.6) is 0 Å². The van der Waals surface area contributed by atoms with Crippen LogP contribution in [-0.4, -0.2) is 29.4 Å². The van der Waals surface area contributed by atoms with Crippen LogP contribution in [0.4, 0.5) is 5.82 Å². The number of nitrogens with zero attached hydrogens (tertiary/aromatic N) is 2. The average Bonchev–Trinajstić information content (AvgIpc) is 3.18. The maximum absolute atomic E-state index is 5.70. The van der Waals surface area contributed by atoms with Gasteiger partial charge in [-0.2, -0.15) is 5.10 Å². The molecular formula is C20H22N6OS. The summed E-state index contributed by atoms with van der Waals surface area (Å²) in [6.07, 6.45) is 3.28. The van der Waals surface area contributed by atoms with E-state index >= 15 is 0 Å². The lowest BCUT2D eigenvalue weighted by atomic mass is 10.2. The molecule has 0 bridgehead atoms. The van der Waals surface area contributed by atoms with Crippen molar-refractivity contribution < 1.29 is 4.42 Å². The fourth-order valence-corrected chi connectivity index (χ4v) is 2.54. The van der Waals surface area contributed by atoms with Gasteiger partial charge in [-0.3, -0.25) is 5.43 Å². The summed E-state index contributed by atoms with van der Waals surface area (Å²) in [5, 5.41) is 10.7. The molecule has 0 amide bonds. The Morgan fingerprint density at radius 3 is 2.71 bits per heavy atom. The van der Waals surface area contributed by atoms with Gasteiger partial charge in [-0.1, -0.05) is 30.3 Å². The molecule has 0 saturated heterocycles. The summed E-state index contributed by atoms with van der Waals surface area (Å²) < 4.78 is 5.70. The van der Waals surface area contributed by atoms with Gasteiger partial charge in [-0.25, -0.2) is 4.98 Å². The molecule has 8 heteroatoms. The molecule has 2 heterocycles. The Morgan fingerprint density at radius 1 is 1.11 bits per heavy atom. The van der Waals surface area contributed by atoms with E-state index in [2.05, 4.69) is 50.5 Å². The number of anilines is 1. The van der Waals surface area contributed by atoms with E-state index in [1.54, 1.807) is 6.20 Å². The number of benzene rings is 1. The summed E-state index contributed by atoms with van der Waals surface area (Å²) in [4.78, 5) is 4.43. The summed E-state index contributed by atoms with van der Waals surface area (Å²) in [5.74, 6) is 2.12. The zero-order valence-electron chi connectivity index (χ0n) is 15.3. The van der Waals surface area contributed by atoms with E-state index in [0.717, 1.165) is 31.0 Å². The number of aromatic nitrogens is 1. The van der Waals surface area contributed by atoms with E-state index in [4.69, 9.17) is 10.2 Å². The highest BCUT2D eigenvalue weighted by Crippen LogP contribution is 2.21. The molecule has 0 aliphatic carbocycles. The Labute approximate surface area is 169 Å². The molecule has 28 heavy (non-hydrogen) atoms. The Morgan fingerprint density at radius 2 is 1.96 bits per heavy atom. The van der Waals surface area contributed by atoms with Gasteiger partial charge in [0.1, 0.15) is 17.3 Å². The minimum Gasteiger partial charge on any atom is -0.455 e. The van der Waals surface area contributed by atoms with Crippen LogP contribution in [-0.2, 0) is 6.54 Å². The van der Waals surface area contributed by atoms with Gasteiger partial charge in [0.05, 0.1) is 6.21 Å². The van der Waals surface area contributed by atoms with E-state index in [1.807, 2.05) is 42.5 Å². The van der Waals surface area contributed by atoms with Crippen molar-refractivity contribution in [2.45, 2.75) is 6.54 Å². The van der Waals surface area contributed by atoms with Gasteiger partial charge < -0.3 is 20.8 Å². The quantitative estimate of drug-likeness (QED) is 0.192. The highest BCUT2D eigenvalue weighted by molar-refractivity contribution is 7.80. The molecule has 0 fully saturated rings. The van der Waals surface area contributed by atoms with Gasteiger partial charge in [0.2, 0.25) is 0 Å². The van der Waals surface area contributed by atoms with Crippen LogP contribution in [0, 0.1) is 0 Å². The highest BCUT2D eigenvalue weighted by atomic mass is 32.1. The lowest BCUT2D eigenvalue weighted by Gasteiger charge is -2.07. The Balaban J connectivity index is 1.44.